The number of aromatic amines is 1. The Kier molecular flexibility index (Phi) is 4.93. The number of H-pyrrole nitrogens is 1. The van der Waals surface area contributed by atoms with Crippen molar-refractivity contribution in [2.45, 2.75) is 18.9 Å². The lowest BCUT2D eigenvalue weighted by Gasteiger charge is -2.32. The zero-order valence-corrected chi connectivity index (χ0v) is 16.0. The molecule has 3 heterocycles. The van der Waals surface area contributed by atoms with Gasteiger partial charge in [-0.15, -0.1) is 0 Å². The van der Waals surface area contributed by atoms with E-state index in [4.69, 9.17) is 11.6 Å². The topological polar surface area (TPSA) is 73.9 Å². The fourth-order valence-corrected chi connectivity index (χ4v) is 4.22. The highest BCUT2D eigenvalue weighted by Gasteiger charge is 2.22. The second-order valence-electron chi connectivity index (χ2n) is 6.46. The van der Waals surface area contributed by atoms with Crippen LogP contribution in [-0.4, -0.2) is 44.5 Å². The molecule has 1 fully saturated rings. The number of nitrogens with zero attached hydrogens (tertiary/aromatic N) is 3. The highest BCUT2D eigenvalue weighted by molar-refractivity contribution is 7.82. The normalized spacial score (nSPS) is 16.9. The first-order valence-electron chi connectivity index (χ1n) is 8.55. The van der Waals surface area contributed by atoms with Crippen molar-refractivity contribution in [3.63, 3.8) is 0 Å². The first kappa shape index (κ1) is 17.5. The Morgan fingerprint density at radius 2 is 2.08 bits per heavy atom. The van der Waals surface area contributed by atoms with E-state index in [1.807, 2.05) is 30.3 Å². The molecule has 0 saturated carbocycles. The number of halogens is 1. The third-order valence-electron chi connectivity index (χ3n) is 4.64. The van der Waals surface area contributed by atoms with Crippen LogP contribution in [0.2, 0.25) is 5.02 Å². The number of rotatable bonds is 4. The van der Waals surface area contributed by atoms with Gasteiger partial charge < -0.3 is 9.88 Å². The zero-order chi connectivity index (χ0) is 18.1. The molecule has 4 rings (SSSR count). The van der Waals surface area contributed by atoms with Gasteiger partial charge in [0.15, 0.2) is 0 Å². The number of hydrogen-bond acceptors (Lipinski definition) is 4. The van der Waals surface area contributed by atoms with E-state index >= 15 is 0 Å². The Morgan fingerprint density at radius 3 is 2.81 bits per heavy atom. The van der Waals surface area contributed by atoms with Crippen LogP contribution in [0.4, 0.5) is 5.82 Å². The fraction of sp³-hybridized carbons (Fsp3) is 0.333. The van der Waals surface area contributed by atoms with Crippen LogP contribution in [0, 0.1) is 0 Å². The summed E-state index contributed by atoms with van der Waals surface area (Å²) in [6, 6.07) is 10.2. The molecule has 0 spiro atoms. The number of benzene rings is 1. The minimum absolute atomic E-state index is 0.291. The lowest BCUT2D eigenvalue weighted by Crippen LogP contribution is -2.43. The predicted molar refractivity (Wildman–Crippen MR) is 107 cm³/mol. The van der Waals surface area contributed by atoms with Crippen molar-refractivity contribution in [2.24, 2.45) is 0 Å². The summed E-state index contributed by atoms with van der Waals surface area (Å²) in [6.45, 7) is 1.73. The smallest absolute Gasteiger partial charge is 0.140 e. The molecule has 1 aromatic carbocycles. The van der Waals surface area contributed by atoms with E-state index in [1.165, 1.54) is 0 Å². The summed E-state index contributed by atoms with van der Waals surface area (Å²) in [5, 5.41) is 0.575. The van der Waals surface area contributed by atoms with Gasteiger partial charge in [-0.1, -0.05) is 23.7 Å². The number of fused-ring (bicyclic) bond motifs is 1. The maximum absolute atomic E-state index is 11.3. The Bertz CT molecular complexity index is 919. The standard InChI is InChI=1S/C18H20ClN5OS/c1-26(25)23-12-6-8-24(9-7-12)17-10-13(14(19)11-20-17)18-21-15-4-2-3-5-16(15)22-18/h2-5,10-12,23H,6-9H2,1H3,(H,21,22). The molecule has 1 saturated heterocycles. The van der Waals surface area contributed by atoms with Crippen LogP contribution >= 0.6 is 11.6 Å². The van der Waals surface area contributed by atoms with Crippen LogP contribution in [0.15, 0.2) is 36.5 Å². The molecule has 2 N–H and O–H groups in total. The van der Waals surface area contributed by atoms with Gasteiger partial charge in [0.05, 0.1) is 27.0 Å². The van der Waals surface area contributed by atoms with Crippen LogP contribution in [-0.2, 0) is 11.0 Å². The van der Waals surface area contributed by atoms with E-state index in [0.29, 0.717) is 11.1 Å². The average molecular weight is 390 g/mol. The minimum Gasteiger partial charge on any atom is -0.356 e. The van der Waals surface area contributed by atoms with E-state index in [0.717, 1.165) is 54.2 Å². The Hall–Kier alpha value is -1.96. The highest BCUT2D eigenvalue weighted by Crippen LogP contribution is 2.30. The molecule has 3 aromatic rings. The summed E-state index contributed by atoms with van der Waals surface area (Å²) in [4.78, 5) is 14.7. The molecule has 8 heteroatoms. The number of hydrogen-bond donors (Lipinski definition) is 2. The molecule has 6 nitrogen and oxygen atoms in total. The number of aromatic nitrogens is 3. The van der Waals surface area contributed by atoms with Crippen molar-refractivity contribution in [1.29, 1.82) is 0 Å². The van der Waals surface area contributed by atoms with Gasteiger partial charge in [-0.05, 0) is 31.0 Å². The van der Waals surface area contributed by atoms with Crippen molar-refractivity contribution in [1.82, 2.24) is 19.7 Å². The molecule has 2 aromatic heterocycles. The number of imidazole rings is 1. The monoisotopic (exact) mass is 389 g/mol. The third kappa shape index (κ3) is 3.60. The van der Waals surface area contributed by atoms with Crippen LogP contribution < -0.4 is 9.62 Å². The minimum atomic E-state index is -0.972. The summed E-state index contributed by atoms with van der Waals surface area (Å²) < 4.78 is 14.4. The third-order valence-corrected chi connectivity index (χ3v) is 5.60. The van der Waals surface area contributed by atoms with Crippen LogP contribution in [0.5, 0.6) is 0 Å². The maximum atomic E-state index is 11.3. The second-order valence-corrected chi connectivity index (χ2v) is 8.01. The molecule has 26 heavy (non-hydrogen) atoms. The molecular formula is C18H20ClN5OS. The largest absolute Gasteiger partial charge is 0.356 e. The van der Waals surface area contributed by atoms with Gasteiger partial charge in [0.2, 0.25) is 0 Å². The highest BCUT2D eigenvalue weighted by atomic mass is 35.5. The molecule has 0 bridgehead atoms. The molecule has 0 radical (unpaired) electrons. The van der Waals surface area contributed by atoms with Gasteiger partial charge in [-0.25, -0.2) is 18.9 Å². The van der Waals surface area contributed by atoms with Crippen molar-refractivity contribution in [3.05, 3.63) is 41.6 Å². The lowest BCUT2D eigenvalue weighted by atomic mass is 10.1. The molecular weight excluding hydrogens is 370 g/mol. The number of para-hydroxylation sites is 2. The number of nitrogens with one attached hydrogen (secondary N) is 2. The molecule has 1 aliphatic heterocycles. The van der Waals surface area contributed by atoms with E-state index in [2.05, 4.69) is 24.6 Å². The van der Waals surface area contributed by atoms with Gasteiger partial charge in [0.1, 0.15) is 11.6 Å². The molecule has 1 unspecified atom stereocenters. The van der Waals surface area contributed by atoms with Gasteiger partial charge >= 0.3 is 0 Å². The first-order chi connectivity index (χ1) is 12.6. The summed E-state index contributed by atoms with van der Waals surface area (Å²) in [6.07, 6.45) is 5.23. The zero-order valence-electron chi connectivity index (χ0n) is 14.4. The van der Waals surface area contributed by atoms with Crippen molar-refractivity contribution >= 4 is 39.4 Å². The molecule has 1 atom stereocenters. The fourth-order valence-electron chi connectivity index (χ4n) is 3.32. The Labute approximate surface area is 159 Å². The van der Waals surface area contributed by atoms with E-state index < -0.39 is 11.0 Å². The molecule has 1 aliphatic rings. The first-order valence-corrected chi connectivity index (χ1v) is 10.5. The number of pyridine rings is 1. The SMILES string of the molecule is CS(=O)NC1CCN(c2cc(-c3nc4ccccc4[nH]3)c(Cl)cn2)CC1. The van der Waals surface area contributed by atoms with Crippen LogP contribution in [0.25, 0.3) is 22.4 Å². The Morgan fingerprint density at radius 1 is 1.31 bits per heavy atom. The molecule has 136 valence electrons. The summed E-state index contributed by atoms with van der Waals surface area (Å²) in [5.41, 5.74) is 2.75. The summed E-state index contributed by atoms with van der Waals surface area (Å²) in [7, 11) is -0.972. The molecule has 0 amide bonds. The summed E-state index contributed by atoms with van der Waals surface area (Å²) in [5.74, 6) is 1.64. The van der Waals surface area contributed by atoms with Crippen molar-refractivity contribution < 1.29 is 4.21 Å². The average Bonchev–Trinajstić information content (AvgIpc) is 3.06. The van der Waals surface area contributed by atoms with Gasteiger partial charge in [-0.3, -0.25) is 0 Å². The lowest BCUT2D eigenvalue weighted by molar-refractivity contribution is 0.471. The van der Waals surface area contributed by atoms with Gasteiger partial charge in [0.25, 0.3) is 0 Å². The number of piperidine rings is 1. The number of anilines is 1. The van der Waals surface area contributed by atoms with Crippen LogP contribution in [0.1, 0.15) is 12.8 Å². The summed E-state index contributed by atoms with van der Waals surface area (Å²) >= 11 is 6.39. The van der Waals surface area contributed by atoms with E-state index in [9.17, 15) is 4.21 Å². The molecule has 0 aliphatic carbocycles. The van der Waals surface area contributed by atoms with Crippen molar-refractivity contribution in [3.8, 4) is 11.4 Å². The second kappa shape index (κ2) is 7.34. The van der Waals surface area contributed by atoms with E-state index in [-0.39, 0.29) is 0 Å². The predicted octanol–water partition coefficient (Wildman–Crippen LogP) is 3.13. The Balaban J connectivity index is 1.58. The quantitative estimate of drug-likeness (QED) is 0.719. The van der Waals surface area contributed by atoms with Gasteiger partial charge in [-0.2, -0.15) is 0 Å². The maximum Gasteiger partial charge on any atom is 0.140 e. The van der Waals surface area contributed by atoms with Gasteiger partial charge in [0, 0.05) is 37.1 Å². The van der Waals surface area contributed by atoms with E-state index in [1.54, 1.807) is 12.5 Å². The van der Waals surface area contributed by atoms with Crippen molar-refractivity contribution in [2.75, 3.05) is 24.2 Å². The van der Waals surface area contributed by atoms with Crippen LogP contribution in [0.3, 0.4) is 0 Å².